The highest BCUT2D eigenvalue weighted by atomic mass is 35.5. The van der Waals surface area contributed by atoms with Gasteiger partial charge in [0, 0.05) is 11.6 Å². The summed E-state index contributed by atoms with van der Waals surface area (Å²) in [6, 6.07) is 8.81. The molecule has 0 saturated carbocycles. The minimum atomic E-state index is -1.11. The van der Waals surface area contributed by atoms with Crippen LogP contribution in [0.5, 0.6) is 0 Å². The molecule has 0 saturated heterocycles. The molecule has 2 atom stereocenters. The first-order valence-electron chi connectivity index (χ1n) is 8.18. The van der Waals surface area contributed by atoms with Gasteiger partial charge < -0.3 is 10.4 Å². The molecule has 0 aliphatic carbocycles. The lowest BCUT2D eigenvalue weighted by Gasteiger charge is -2.20. The van der Waals surface area contributed by atoms with Crippen LogP contribution in [0.1, 0.15) is 20.3 Å². The van der Waals surface area contributed by atoms with Gasteiger partial charge in [0.05, 0.1) is 10.7 Å². The SMILES string of the molecule is CC[C@H](C)[C@@H](NC(=O)Cn1nc(-c2ccccc2Cl)ccc1=O)C(=O)O. The molecule has 2 rings (SSSR count). The molecule has 0 spiro atoms. The molecule has 0 radical (unpaired) electrons. The number of nitrogens with one attached hydrogen (secondary N) is 1. The van der Waals surface area contributed by atoms with E-state index in [1.165, 1.54) is 12.1 Å². The van der Waals surface area contributed by atoms with E-state index in [0.29, 0.717) is 22.7 Å². The smallest absolute Gasteiger partial charge is 0.326 e. The Kier molecular flexibility index (Phi) is 6.52. The van der Waals surface area contributed by atoms with Crippen molar-refractivity contribution in [1.29, 1.82) is 0 Å². The van der Waals surface area contributed by atoms with E-state index in [9.17, 15) is 19.5 Å². The second kappa shape index (κ2) is 8.62. The molecule has 8 heteroatoms. The van der Waals surface area contributed by atoms with Gasteiger partial charge in [0.1, 0.15) is 12.6 Å². The maximum atomic E-state index is 12.2. The molecule has 26 heavy (non-hydrogen) atoms. The molecule has 138 valence electrons. The number of aliphatic carboxylic acids is 1. The number of hydrogen-bond donors (Lipinski definition) is 2. The lowest BCUT2D eigenvalue weighted by atomic mass is 9.99. The third-order valence-corrected chi connectivity index (χ3v) is 4.43. The predicted molar refractivity (Wildman–Crippen MR) is 98.0 cm³/mol. The average Bonchev–Trinajstić information content (AvgIpc) is 2.61. The molecule has 0 fully saturated rings. The minimum absolute atomic E-state index is 0.240. The maximum absolute atomic E-state index is 12.2. The molecule has 1 heterocycles. The summed E-state index contributed by atoms with van der Waals surface area (Å²) in [5.41, 5.74) is 0.609. The summed E-state index contributed by atoms with van der Waals surface area (Å²) in [4.78, 5) is 35.5. The van der Waals surface area contributed by atoms with Crippen LogP contribution in [0.25, 0.3) is 11.3 Å². The molecule has 2 N–H and O–H groups in total. The summed E-state index contributed by atoms with van der Waals surface area (Å²) < 4.78 is 0.990. The van der Waals surface area contributed by atoms with Crippen molar-refractivity contribution >= 4 is 23.5 Å². The molecule has 1 amide bonds. The van der Waals surface area contributed by atoms with E-state index < -0.39 is 23.5 Å². The number of halogens is 1. The number of nitrogens with zero attached hydrogens (tertiary/aromatic N) is 2. The Bertz CT molecular complexity index is 866. The number of benzene rings is 1. The van der Waals surface area contributed by atoms with E-state index in [4.69, 9.17) is 11.6 Å². The number of rotatable bonds is 7. The van der Waals surface area contributed by atoms with Crippen molar-refractivity contribution in [2.24, 2.45) is 5.92 Å². The number of carbonyl (C=O) groups is 2. The zero-order valence-electron chi connectivity index (χ0n) is 14.5. The monoisotopic (exact) mass is 377 g/mol. The van der Waals surface area contributed by atoms with E-state index in [-0.39, 0.29) is 12.5 Å². The van der Waals surface area contributed by atoms with Crippen molar-refractivity contribution in [2.45, 2.75) is 32.9 Å². The van der Waals surface area contributed by atoms with Gasteiger partial charge in [0.2, 0.25) is 5.91 Å². The number of carboxylic acids is 1. The Labute approximate surface area is 155 Å². The van der Waals surface area contributed by atoms with Gasteiger partial charge in [-0.1, -0.05) is 50.1 Å². The Morgan fingerprint density at radius 1 is 1.27 bits per heavy atom. The zero-order chi connectivity index (χ0) is 19.3. The van der Waals surface area contributed by atoms with E-state index in [2.05, 4.69) is 10.4 Å². The molecular weight excluding hydrogens is 358 g/mol. The molecule has 0 aliphatic heterocycles. The fourth-order valence-electron chi connectivity index (χ4n) is 2.41. The van der Waals surface area contributed by atoms with Crippen LogP contribution in [0.15, 0.2) is 41.2 Å². The molecule has 1 aromatic heterocycles. The second-order valence-corrected chi connectivity index (χ2v) is 6.37. The van der Waals surface area contributed by atoms with Crippen LogP contribution < -0.4 is 10.9 Å². The maximum Gasteiger partial charge on any atom is 0.326 e. The van der Waals surface area contributed by atoms with Gasteiger partial charge in [-0.2, -0.15) is 5.10 Å². The first kappa shape index (κ1) is 19.7. The molecule has 2 aromatic rings. The van der Waals surface area contributed by atoms with Gasteiger partial charge in [0.15, 0.2) is 0 Å². The summed E-state index contributed by atoms with van der Waals surface area (Å²) in [6.45, 7) is 3.20. The quantitative estimate of drug-likeness (QED) is 0.770. The molecular formula is C18H20ClN3O4. The molecule has 1 aromatic carbocycles. The van der Waals surface area contributed by atoms with Crippen LogP contribution in [-0.4, -0.2) is 32.8 Å². The van der Waals surface area contributed by atoms with Crippen molar-refractivity contribution in [2.75, 3.05) is 0 Å². The summed E-state index contributed by atoms with van der Waals surface area (Å²) >= 11 is 6.14. The van der Waals surface area contributed by atoms with Gasteiger partial charge in [-0.25, -0.2) is 9.48 Å². The van der Waals surface area contributed by atoms with Crippen LogP contribution in [0.2, 0.25) is 5.02 Å². The summed E-state index contributed by atoms with van der Waals surface area (Å²) in [6.07, 6.45) is 0.595. The molecule has 0 bridgehead atoms. The fraction of sp³-hybridized carbons (Fsp3) is 0.333. The van der Waals surface area contributed by atoms with Gasteiger partial charge in [-0.3, -0.25) is 9.59 Å². The standard InChI is InChI=1S/C18H20ClN3O4/c1-3-11(2)17(18(25)26)20-15(23)10-22-16(24)9-8-14(21-22)12-6-4-5-7-13(12)19/h4-9,11,17H,3,10H2,1-2H3,(H,20,23)(H,25,26)/t11-,17+/m0/s1. The Morgan fingerprint density at radius 2 is 1.96 bits per heavy atom. The average molecular weight is 378 g/mol. The van der Waals surface area contributed by atoms with Crippen LogP contribution in [0.3, 0.4) is 0 Å². The molecule has 0 unspecified atom stereocenters. The second-order valence-electron chi connectivity index (χ2n) is 5.96. The van der Waals surface area contributed by atoms with Crippen molar-refractivity contribution < 1.29 is 14.7 Å². The zero-order valence-corrected chi connectivity index (χ0v) is 15.2. The van der Waals surface area contributed by atoms with Gasteiger partial charge in [0.25, 0.3) is 5.56 Å². The highest BCUT2D eigenvalue weighted by Crippen LogP contribution is 2.24. The van der Waals surface area contributed by atoms with Crippen LogP contribution in [-0.2, 0) is 16.1 Å². The van der Waals surface area contributed by atoms with Gasteiger partial charge >= 0.3 is 5.97 Å². The number of amides is 1. The first-order chi connectivity index (χ1) is 12.3. The number of aromatic nitrogens is 2. The number of hydrogen-bond acceptors (Lipinski definition) is 4. The fourth-order valence-corrected chi connectivity index (χ4v) is 2.65. The van der Waals surface area contributed by atoms with Crippen LogP contribution in [0.4, 0.5) is 0 Å². The summed E-state index contributed by atoms with van der Waals surface area (Å²) in [7, 11) is 0. The lowest BCUT2D eigenvalue weighted by Crippen LogP contribution is -2.47. The van der Waals surface area contributed by atoms with Crippen LogP contribution >= 0.6 is 11.6 Å². The minimum Gasteiger partial charge on any atom is -0.480 e. The largest absolute Gasteiger partial charge is 0.480 e. The van der Waals surface area contributed by atoms with Gasteiger partial charge in [-0.05, 0) is 18.1 Å². The predicted octanol–water partition coefficient (Wildman–Crippen LogP) is 2.18. The third-order valence-electron chi connectivity index (χ3n) is 4.11. The van der Waals surface area contributed by atoms with Crippen molar-refractivity contribution in [3.05, 3.63) is 51.8 Å². The Hall–Kier alpha value is -2.67. The third kappa shape index (κ3) is 4.70. The Balaban J connectivity index is 2.22. The van der Waals surface area contributed by atoms with E-state index in [0.717, 1.165) is 4.68 Å². The molecule has 7 nitrogen and oxygen atoms in total. The van der Waals surface area contributed by atoms with E-state index >= 15 is 0 Å². The topological polar surface area (TPSA) is 101 Å². The first-order valence-corrected chi connectivity index (χ1v) is 8.56. The van der Waals surface area contributed by atoms with Crippen molar-refractivity contribution in [1.82, 2.24) is 15.1 Å². The van der Waals surface area contributed by atoms with E-state index in [1.54, 1.807) is 31.2 Å². The van der Waals surface area contributed by atoms with E-state index in [1.807, 2.05) is 6.92 Å². The highest BCUT2D eigenvalue weighted by Gasteiger charge is 2.25. The molecule has 0 aliphatic rings. The normalized spacial score (nSPS) is 13.0. The van der Waals surface area contributed by atoms with Crippen molar-refractivity contribution in [3.8, 4) is 11.3 Å². The Morgan fingerprint density at radius 3 is 2.58 bits per heavy atom. The van der Waals surface area contributed by atoms with Crippen molar-refractivity contribution in [3.63, 3.8) is 0 Å². The van der Waals surface area contributed by atoms with Gasteiger partial charge in [-0.15, -0.1) is 0 Å². The summed E-state index contributed by atoms with van der Waals surface area (Å²) in [5, 5.41) is 16.3. The highest BCUT2D eigenvalue weighted by molar-refractivity contribution is 6.33. The number of carbonyl (C=O) groups excluding carboxylic acids is 1. The summed E-state index contributed by atoms with van der Waals surface area (Å²) in [5.74, 6) is -1.95. The lowest BCUT2D eigenvalue weighted by molar-refractivity contribution is -0.143. The van der Waals surface area contributed by atoms with Crippen LogP contribution in [0, 0.1) is 5.92 Å². The number of carboxylic acid groups (broad SMARTS) is 1.